The van der Waals surface area contributed by atoms with E-state index in [0.717, 1.165) is 33.9 Å². The lowest BCUT2D eigenvalue weighted by atomic mass is 9.81. The number of fused-ring (bicyclic) bond motifs is 12. The Hall–Kier alpha value is -11.8. The quantitative estimate of drug-likeness (QED) is 0.119. The minimum absolute atomic E-state index is 0.145. The summed E-state index contributed by atoms with van der Waals surface area (Å²) in [5.41, 5.74) is 34.0. The van der Waals surface area contributed by atoms with Crippen LogP contribution in [0, 0.1) is 27.7 Å². The standard InChI is InChI=1S/C98H76N2/c1-61-23-21-35-77(71-43-51-85-83-33-17-19-37-89(83)97(5,6)91(85)59-71)95(61)99(73-47-39-65(40-48-73)87-57-69-25-9-11-27-75(69)79-29-13-15-31-81(79)87)93-53-45-67(55-63(93)3)68-46-54-94(64(4)56-68)100(74-49-41-66(42-50-74)88-58-70-26-10-12-28-76(70)80-30-14-16-32-82(80)88)96-62(2)24-22-36-78(96)72-44-52-86-84-34-18-20-38-90(84)98(7,8)92(86)60-72/h9-60H,1-8H3. The average Bonchev–Trinajstić information content (AvgIpc) is 1.47. The molecule has 0 aliphatic heterocycles. The number of rotatable bonds is 11. The molecule has 100 heavy (non-hydrogen) atoms. The Balaban J connectivity index is 0.763. The van der Waals surface area contributed by atoms with Gasteiger partial charge >= 0.3 is 0 Å². The largest absolute Gasteiger partial charge is 0.309 e. The summed E-state index contributed by atoms with van der Waals surface area (Å²) in [6.07, 6.45) is 0. The first-order valence-electron chi connectivity index (χ1n) is 35.3. The summed E-state index contributed by atoms with van der Waals surface area (Å²) < 4.78 is 0. The molecule has 2 heteroatoms. The van der Waals surface area contributed by atoms with Gasteiger partial charge in [0.2, 0.25) is 0 Å². The lowest BCUT2D eigenvalue weighted by Crippen LogP contribution is -2.16. The molecule has 0 radical (unpaired) electrons. The minimum Gasteiger partial charge on any atom is -0.309 e. The van der Waals surface area contributed by atoms with Gasteiger partial charge in [-0.2, -0.15) is 0 Å². The van der Waals surface area contributed by atoms with Crippen molar-refractivity contribution in [1.29, 1.82) is 0 Å². The van der Waals surface area contributed by atoms with Crippen molar-refractivity contribution in [3.8, 4) is 77.9 Å². The highest BCUT2D eigenvalue weighted by molar-refractivity contribution is 6.15. The number of hydrogen-bond donors (Lipinski definition) is 0. The molecule has 2 aliphatic rings. The zero-order chi connectivity index (χ0) is 67.7. The molecule has 0 unspecified atom stereocenters. The second-order valence-corrected chi connectivity index (χ2v) is 29.0. The Bertz CT molecular complexity index is 5650. The van der Waals surface area contributed by atoms with Crippen LogP contribution in [0.15, 0.2) is 315 Å². The maximum Gasteiger partial charge on any atom is 0.0569 e. The van der Waals surface area contributed by atoms with Crippen LogP contribution in [0.2, 0.25) is 0 Å². The predicted octanol–water partition coefficient (Wildman–Crippen LogP) is 27.4. The van der Waals surface area contributed by atoms with Gasteiger partial charge in [-0.25, -0.2) is 0 Å². The lowest BCUT2D eigenvalue weighted by molar-refractivity contribution is 0.660. The van der Waals surface area contributed by atoms with Crippen molar-refractivity contribution in [2.45, 2.75) is 66.2 Å². The molecule has 0 heterocycles. The highest BCUT2D eigenvalue weighted by Gasteiger charge is 2.37. The van der Waals surface area contributed by atoms with Gasteiger partial charge in [-0.15, -0.1) is 0 Å². The van der Waals surface area contributed by atoms with Gasteiger partial charge in [0.1, 0.15) is 0 Å². The van der Waals surface area contributed by atoms with Gasteiger partial charge in [-0.3, -0.25) is 0 Å². The molecule has 0 atom stereocenters. The molecule has 0 N–H and O–H groups in total. The summed E-state index contributed by atoms with van der Waals surface area (Å²) in [6, 6.07) is 119. The van der Waals surface area contributed by atoms with E-state index in [2.05, 4.69) is 381 Å². The summed E-state index contributed by atoms with van der Waals surface area (Å²) >= 11 is 0. The van der Waals surface area contributed by atoms with E-state index in [0.29, 0.717) is 0 Å². The van der Waals surface area contributed by atoms with Crippen LogP contribution in [0.4, 0.5) is 34.1 Å². The van der Waals surface area contributed by atoms with Gasteiger partial charge < -0.3 is 9.80 Å². The minimum atomic E-state index is -0.145. The highest BCUT2D eigenvalue weighted by atomic mass is 15.2. The Morgan fingerprint density at radius 2 is 0.540 bits per heavy atom. The smallest absolute Gasteiger partial charge is 0.0569 e. The molecule has 0 amide bonds. The molecule has 2 nitrogen and oxygen atoms in total. The Kier molecular flexibility index (Phi) is 14.2. The molecule has 0 aromatic heterocycles. The molecule has 0 fully saturated rings. The summed E-state index contributed by atoms with van der Waals surface area (Å²) in [4.78, 5) is 5.06. The van der Waals surface area contributed by atoms with E-state index in [1.807, 2.05) is 0 Å². The third kappa shape index (κ3) is 9.67. The van der Waals surface area contributed by atoms with Gasteiger partial charge in [0.25, 0.3) is 0 Å². The van der Waals surface area contributed by atoms with Crippen molar-refractivity contribution in [3.05, 3.63) is 360 Å². The normalized spacial score (nSPS) is 13.2. The topological polar surface area (TPSA) is 6.48 Å². The molecule has 18 rings (SSSR count). The third-order valence-electron chi connectivity index (χ3n) is 22.3. The van der Waals surface area contributed by atoms with Crippen molar-refractivity contribution in [3.63, 3.8) is 0 Å². The van der Waals surface area contributed by atoms with Gasteiger partial charge in [0.15, 0.2) is 0 Å². The second-order valence-electron chi connectivity index (χ2n) is 29.0. The van der Waals surface area contributed by atoms with E-state index in [4.69, 9.17) is 0 Å². The first kappa shape index (κ1) is 60.6. The van der Waals surface area contributed by atoms with Crippen molar-refractivity contribution in [1.82, 2.24) is 0 Å². The number of aryl methyl sites for hydroxylation is 4. The zero-order valence-electron chi connectivity index (χ0n) is 57.9. The van der Waals surface area contributed by atoms with Crippen molar-refractivity contribution in [2.75, 3.05) is 9.80 Å². The average molecular weight is 1280 g/mol. The third-order valence-corrected chi connectivity index (χ3v) is 22.3. The van der Waals surface area contributed by atoms with Crippen LogP contribution in [-0.2, 0) is 10.8 Å². The van der Waals surface area contributed by atoms with Crippen molar-refractivity contribution >= 4 is 77.2 Å². The molecule has 478 valence electrons. The zero-order valence-corrected chi connectivity index (χ0v) is 57.9. The SMILES string of the molecule is Cc1cc(-c2ccc(N(c3ccc(-c4cc5ccccc5c5ccccc45)cc3)c3c(C)cccc3-c3ccc4c(c3)C(C)(C)c3ccccc3-4)c(C)c2)ccc1N(c1ccc(-c2cc3ccccc3c3ccccc23)cc1)c1c(C)cccc1-c1ccc2c(c1)C(C)(C)c1ccccc1-2. The molecule has 2 aliphatic carbocycles. The number of anilines is 6. The van der Waals surface area contributed by atoms with E-state index < -0.39 is 0 Å². The maximum absolute atomic E-state index is 2.53. The summed E-state index contributed by atoms with van der Waals surface area (Å²) in [7, 11) is 0. The Morgan fingerprint density at radius 3 is 0.950 bits per heavy atom. The van der Waals surface area contributed by atoms with E-state index in [1.165, 1.54) is 166 Å². The van der Waals surface area contributed by atoms with Crippen LogP contribution in [0.5, 0.6) is 0 Å². The van der Waals surface area contributed by atoms with Crippen LogP contribution < -0.4 is 9.80 Å². The lowest BCUT2D eigenvalue weighted by Gasteiger charge is -2.32. The fraction of sp³-hybridized carbons (Fsp3) is 0.102. The van der Waals surface area contributed by atoms with E-state index in [1.54, 1.807) is 0 Å². The number of hydrogen-bond acceptors (Lipinski definition) is 2. The van der Waals surface area contributed by atoms with Gasteiger partial charge in [-0.05, 0) is 255 Å². The van der Waals surface area contributed by atoms with Crippen LogP contribution >= 0.6 is 0 Å². The number of para-hydroxylation sites is 2. The molecule has 0 bridgehead atoms. The molecule has 16 aromatic carbocycles. The second kappa shape index (κ2) is 23.4. The molecular weight excluding hydrogens is 1210 g/mol. The summed E-state index contributed by atoms with van der Waals surface area (Å²) in [5.74, 6) is 0. The van der Waals surface area contributed by atoms with E-state index in [-0.39, 0.29) is 10.8 Å². The molecular formula is C98H76N2. The van der Waals surface area contributed by atoms with Crippen LogP contribution in [0.3, 0.4) is 0 Å². The monoisotopic (exact) mass is 1280 g/mol. The van der Waals surface area contributed by atoms with Crippen LogP contribution in [0.1, 0.15) is 72.2 Å². The molecule has 16 aromatic rings. The fourth-order valence-electron chi connectivity index (χ4n) is 17.2. The summed E-state index contributed by atoms with van der Waals surface area (Å²) in [5, 5.41) is 10.1. The first-order valence-corrected chi connectivity index (χ1v) is 35.3. The number of nitrogens with zero attached hydrogens (tertiary/aromatic N) is 2. The van der Waals surface area contributed by atoms with Crippen LogP contribution in [0.25, 0.3) is 121 Å². The molecule has 0 saturated heterocycles. The first-order chi connectivity index (χ1) is 48.8. The van der Waals surface area contributed by atoms with E-state index >= 15 is 0 Å². The van der Waals surface area contributed by atoms with Gasteiger partial charge in [0.05, 0.1) is 11.4 Å². The molecule has 0 saturated carbocycles. The van der Waals surface area contributed by atoms with E-state index in [9.17, 15) is 0 Å². The molecule has 0 spiro atoms. The Morgan fingerprint density at radius 1 is 0.210 bits per heavy atom. The predicted molar refractivity (Wildman–Crippen MR) is 427 cm³/mol. The highest BCUT2D eigenvalue weighted by Crippen LogP contribution is 2.55. The summed E-state index contributed by atoms with van der Waals surface area (Å²) in [6.45, 7) is 18.7. The van der Waals surface area contributed by atoms with Crippen molar-refractivity contribution in [2.24, 2.45) is 0 Å². The van der Waals surface area contributed by atoms with Gasteiger partial charge in [-0.1, -0.05) is 270 Å². The van der Waals surface area contributed by atoms with Crippen LogP contribution in [-0.4, -0.2) is 0 Å². The maximum atomic E-state index is 2.53. The fourth-order valence-corrected chi connectivity index (χ4v) is 17.2. The number of benzene rings is 16. The Labute approximate surface area is 587 Å². The van der Waals surface area contributed by atoms with Crippen molar-refractivity contribution < 1.29 is 0 Å². The van der Waals surface area contributed by atoms with Gasteiger partial charge in [0, 0.05) is 44.7 Å².